The van der Waals surface area contributed by atoms with Crippen molar-refractivity contribution in [1.82, 2.24) is 9.80 Å². The Balaban J connectivity index is 1.96. The summed E-state index contributed by atoms with van der Waals surface area (Å²) >= 11 is 0. The van der Waals surface area contributed by atoms with Gasteiger partial charge in [0.1, 0.15) is 0 Å². The van der Waals surface area contributed by atoms with Crippen LogP contribution in [-0.4, -0.2) is 54.9 Å². The van der Waals surface area contributed by atoms with E-state index < -0.39 is 0 Å². The molecular formula is C18H28N2O. The van der Waals surface area contributed by atoms with Gasteiger partial charge in [-0.05, 0) is 52.4 Å². The first-order valence-electron chi connectivity index (χ1n) is 8.06. The maximum Gasteiger partial charge on any atom is 0.179 e. The fourth-order valence-corrected chi connectivity index (χ4v) is 3.05. The van der Waals surface area contributed by atoms with E-state index in [1.54, 1.807) is 0 Å². The van der Waals surface area contributed by atoms with E-state index in [0.717, 1.165) is 18.5 Å². The summed E-state index contributed by atoms with van der Waals surface area (Å²) in [4.78, 5) is 17.2. The Morgan fingerprint density at radius 2 is 2.05 bits per heavy atom. The highest BCUT2D eigenvalue weighted by atomic mass is 16.1. The van der Waals surface area contributed by atoms with E-state index in [1.165, 1.54) is 24.9 Å². The average molecular weight is 288 g/mol. The molecule has 2 rings (SSSR count). The number of carbonyl (C=O) groups excluding carboxylic acids is 1. The third-order valence-corrected chi connectivity index (χ3v) is 4.86. The molecule has 3 nitrogen and oxygen atoms in total. The van der Waals surface area contributed by atoms with Gasteiger partial charge in [-0.15, -0.1) is 0 Å². The largest absolute Gasteiger partial charge is 0.302 e. The molecule has 116 valence electrons. The van der Waals surface area contributed by atoms with Gasteiger partial charge in [0.15, 0.2) is 5.78 Å². The van der Waals surface area contributed by atoms with Gasteiger partial charge in [-0.2, -0.15) is 0 Å². The summed E-state index contributed by atoms with van der Waals surface area (Å²) in [7, 11) is 4.25. The fourth-order valence-electron chi connectivity index (χ4n) is 3.05. The first-order chi connectivity index (χ1) is 10.0. The molecule has 21 heavy (non-hydrogen) atoms. The van der Waals surface area contributed by atoms with Gasteiger partial charge in [0, 0.05) is 18.2 Å². The molecule has 0 spiro atoms. The molecule has 2 unspecified atom stereocenters. The van der Waals surface area contributed by atoms with E-state index in [-0.39, 0.29) is 11.8 Å². The Labute approximate surface area is 128 Å². The SMILES string of the molecule is CCc1ccc(C(=O)C(C)N(C)CC2CCCN2C)cc1. The van der Waals surface area contributed by atoms with Crippen molar-refractivity contribution >= 4 is 5.78 Å². The molecule has 1 aliphatic rings. The first-order valence-corrected chi connectivity index (χ1v) is 8.06. The summed E-state index contributed by atoms with van der Waals surface area (Å²) in [6.07, 6.45) is 3.53. The van der Waals surface area contributed by atoms with Crippen LogP contribution < -0.4 is 0 Å². The van der Waals surface area contributed by atoms with Crippen molar-refractivity contribution in [2.24, 2.45) is 0 Å². The van der Waals surface area contributed by atoms with Crippen molar-refractivity contribution in [1.29, 1.82) is 0 Å². The number of carbonyl (C=O) groups is 1. The standard InChI is InChI=1S/C18H28N2O/c1-5-15-8-10-16(11-9-15)18(21)14(2)20(4)13-17-7-6-12-19(17)3/h8-11,14,17H,5-7,12-13H2,1-4H3. The predicted molar refractivity (Wildman–Crippen MR) is 87.9 cm³/mol. The van der Waals surface area contributed by atoms with Gasteiger partial charge in [-0.25, -0.2) is 0 Å². The highest BCUT2D eigenvalue weighted by Gasteiger charge is 2.26. The molecule has 3 heteroatoms. The predicted octanol–water partition coefficient (Wildman–Crippen LogP) is 2.85. The number of likely N-dealkylation sites (tertiary alicyclic amines) is 1. The molecular weight excluding hydrogens is 260 g/mol. The lowest BCUT2D eigenvalue weighted by atomic mass is 10.0. The summed E-state index contributed by atoms with van der Waals surface area (Å²) < 4.78 is 0. The maximum absolute atomic E-state index is 12.6. The molecule has 1 aromatic rings. The monoisotopic (exact) mass is 288 g/mol. The number of hydrogen-bond acceptors (Lipinski definition) is 3. The van der Waals surface area contributed by atoms with Crippen LogP contribution in [0.4, 0.5) is 0 Å². The van der Waals surface area contributed by atoms with E-state index in [2.05, 4.69) is 43.0 Å². The van der Waals surface area contributed by atoms with Crippen LogP contribution in [0.1, 0.15) is 42.6 Å². The zero-order valence-corrected chi connectivity index (χ0v) is 13.8. The van der Waals surface area contributed by atoms with Gasteiger partial charge in [0.25, 0.3) is 0 Å². The smallest absolute Gasteiger partial charge is 0.179 e. The molecule has 0 saturated carbocycles. The Hall–Kier alpha value is -1.19. The molecule has 1 saturated heterocycles. The van der Waals surface area contributed by atoms with Gasteiger partial charge >= 0.3 is 0 Å². The van der Waals surface area contributed by atoms with Crippen molar-refractivity contribution in [2.75, 3.05) is 27.2 Å². The number of nitrogens with zero attached hydrogens (tertiary/aromatic N) is 2. The number of aryl methyl sites for hydroxylation is 1. The molecule has 0 aliphatic carbocycles. The van der Waals surface area contributed by atoms with Gasteiger partial charge in [0.2, 0.25) is 0 Å². The second-order valence-electron chi connectivity index (χ2n) is 6.31. The van der Waals surface area contributed by atoms with Crippen LogP contribution >= 0.6 is 0 Å². The summed E-state index contributed by atoms with van der Waals surface area (Å²) in [6.45, 7) is 6.30. The van der Waals surface area contributed by atoms with Crippen molar-refractivity contribution < 1.29 is 4.79 Å². The van der Waals surface area contributed by atoms with Crippen LogP contribution in [0.25, 0.3) is 0 Å². The van der Waals surface area contributed by atoms with E-state index in [4.69, 9.17) is 0 Å². The van der Waals surface area contributed by atoms with Gasteiger partial charge in [0.05, 0.1) is 6.04 Å². The number of rotatable bonds is 6. The summed E-state index contributed by atoms with van der Waals surface area (Å²) in [6, 6.07) is 8.58. The second-order valence-corrected chi connectivity index (χ2v) is 6.31. The Bertz CT molecular complexity index is 469. The molecule has 0 bridgehead atoms. The third kappa shape index (κ3) is 3.92. The zero-order chi connectivity index (χ0) is 15.4. The maximum atomic E-state index is 12.6. The Kier molecular flexibility index (Phi) is 5.54. The van der Waals surface area contributed by atoms with Crippen LogP contribution in [0.3, 0.4) is 0 Å². The van der Waals surface area contributed by atoms with Crippen molar-refractivity contribution in [2.45, 2.75) is 45.2 Å². The zero-order valence-electron chi connectivity index (χ0n) is 13.8. The lowest BCUT2D eigenvalue weighted by molar-refractivity contribution is 0.0842. The van der Waals surface area contributed by atoms with Crippen molar-refractivity contribution in [3.63, 3.8) is 0 Å². The van der Waals surface area contributed by atoms with E-state index >= 15 is 0 Å². The summed E-state index contributed by atoms with van der Waals surface area (Å²) in [5, 5.41) is 0. The summed E-state index contributed by atoms with van der Waals surface area (Å²) in [5.74, 6) is 0.223. The van der Waals surface area contributed by atoms with E-state index in [0.29, 0.717) is 6.04 Å². The molecule has 0 amide bonds. The Morgan fingerprint density at radius 3 is 2.57 bits per heavy atom. The highest BCUT2D eigenvalue weighted by molar-refractivity contribution is 5.99. The van der Waals surface area contributed by atoms with Gasteiger partial charge in [-0.1, -0.05) is 31.2 Å². The number of hydrogen-bond donors (Lipinski definition) is 0. The number of Topliss-reactive ketones (excluding diaryl/α,β-unsaturated/α-hetero) is 1. The number of ketones is 1. The summed E-state index contributed by atoms with van der Waals surface area (Å²) in [5.41, 5.74) is 2.10. The van der Waals surface area contributed by atoms with Crippen LogP contribution in [0.15, 0.2) is 24.3 Å². The first kappa shape index (κ1) is 16.2. The van der Waals surface area contributed by atoms with E-state index in [9.17, 15) is 4.79 Å². The molecule has 1 aromatic carbocycles. The highest BCUT2D eigenvalue weighted by Crippen LogP contribution is 2.17. The quantitative estimate of drug-likeness (QED) is 0.752. The fraction of sp³-hybridized carbons (Fsp3) is 0.611. The van der Waals surface area contributed by atoms with Crippen LogP contribution in [0.2, 0.25) is 0 Å². The number of benzene rings is 1. The van der Waals surface area contributed by atoms with E-state index in [1.807, 2.05) is 19.1 Å². The minimum atomic E-state index is -0.0634. The van der Waals surface area contributed by atoms with Crippen LogP contribution in [-0.2, 0) is 6.42 Å². The van der Waals surface area contributed by atoms with Crippen molar-refractivity contribution in [3.05, 3.63) is 35.4 Å². The molecule has 1 heterocycles. The molecule has 0 radical (unpaired) electrons. The minimum Gasteiger partial charge on any atom is -0.302 e. The average Bonchev–Trinajstić information content (AvgIpc) is 2.91. The minimum absolute atomic E-state index is 0.0634. The molecule has 2 atom stereocenters. The lowest BCUT2D eigenvalue weighted by Crippen LogP contribution is -2.43. The molecule has 1 aliphatic heterocycles. The van der Waals surface area contributed by atoms with Crippen LogP contribution in [0.5, 0.6) is 0 Å². The van der Waals surface area contributed by atoms with Crippen LogP contribution in [0, 0.1) is 0 Å². The normalized spacial score (nSPS) is 20.9. The Morgan fingerprint density at radius 1 is 1.38 bits per heavy atom. The lowest BCUT2D eigenvalue weighted by Gasteiger charge is -2.29. The number of likely N-dealkylation sites (N-methyl/N-ethyl adjacent to an activating group) is 2. The topological polar surface area (TPSA) is 23.6 Å². The van der Waals surface area contributed by atoms with Gasteiger partial charge < -0.3 is 4.90 Å². The van der Waals surface area contributed by atoms with Gasteiger partial charge in [-0.3, -0.25) is 9.69 Å². The van der Waals surface area contributed by atoms with Crippen molar-refractivity contribution in [3.8, 4) is 0 Å². The molecule has 0 aromatic heterocycles. The molecule has 0 N–H and O–H groups in total. The molecule has 1 fully saturated rings. The third-order valence-electron chi connectivity index (χ3n) is 4.86. The second kappa shape index (κ2) is 7.19.